The molecule has 0 spiro atoms. The molecule has 16 heavy (non-hydrogen) atoms. The van der Waals surface area contributed by atoms with Crippen molar-refractivity contribution < 1.29 is 4.79 Å². The fraction of sp³-hybridized carbons (Fsp3) is 0.357. The summed E-state index contributed by atoms with van der Waals surface area (Å²) >= 11 is 1.67. The Morgan fingerprint density at radius 2 is 2.19 bits per heavy atom. The minimum absolute atomic E-state index is 0.202. The zero-order chi connectivity index (χ0) is 11.1. The maximum absolute atomic E-state index is 12.3. The molecular formula is C14H14OS. The van der Waals surface area contributed by atoms with Crippen molar-refractivity contribution in [1.29, 1.82) is 0 Å². The molecule has 1 atom stereocenters. The lowest BCUT2D eigenvalue weighted by Crippen LogP contribution is -2.13. The smallest absolute Gasteiger partial charge is 0.167 e. The Bertz CT molecular complexity index is 536. The van der Waals surface area contributed by atoms with Gasteiger partial charge in [-0.25, -0.2) is 0 Å². The van der Waals surface area contributed by atoms with E-state index in [1.54, 1.807) is 11.3 Å². The van der Waals surface area contributed by atoms with Gasteiger partial charge in [0.2, 0.25) is 0 Å². The molecule has 0 bridgehead atoms. The van der Waals surface area contributed by atoms with Gasteiger partial charge in [0, 0.05) is 16.2 Å². The molecule has 2 heteroatoms. The van der Waals surface area contributed by atoms with E-state index >= 15 is 0 Å². The number of ketones is 1. The van der Waals surface area contributed by atoms with Crippen LogP contribution in [-0.4, -0.2) is 5.78 Å². The predicted molar refractivity (Wildman–Crippen MR) is 68.0 cm³/mol. The summed E-state index contributed by atoms with van der Waals surface area (Å²) in [6, 6.07) is 8.12. The van der Waals surface area contributed by atoms with Crippen molar-refractivity contribution in [2.24, 2.45) is 11.8 Å². The SMILES string of the molecule is CC(C(=O)c1cccc2ccsc12)C1CC1. The molecule has 3 rings (SSSR count). The average Bonchev–Trinajstić information content (AvgIpc) is 3.04. The van der Waals surface area contributed by atoms with Crippen LogP contribution >= 0.6 is 11.3 Å². The maximum atomic E-state index is 12.3. The summed E-state index contributed by atoms with van der Waals surface area (Å²) in [6.45, 7) is 2.08. The summed E-state index contributed by atoms with van der Waals surface area (Å²) in [6.07, 6.45) is 2.46. The van der Waals surface area contributed by atoms with E-state index in [2.05, 4.69) is 24.4 Å². The molecule has 0 N–H and O–H groups in total. The highest BCUT2D eigenvalue weighted by Crippen LogP contribution is 2.39. The van der Waals surface area contributed by atoms with E-state index in [9.17, 15) is 4.79 Å². The monoisotopic (exact) mass is 230 g/mol. The van der Waals surface area contributed by atoms with Crippen molar-refractivity contribution in [1.82, 2.24) is 0 Å². The Hall–Kier alpha value is -1.15. The van der Waals surface area contributed by atoms with Gasteiger partial charge in [-0.15, -0.1) is 11.3 Å². The zero-order valence-electron chi connectivity index (χ0n) is 9.27. The molecule has 1 aromatic carbocycles. The lowest BCUT2D eigenvalue weighted by atomic mass is 9.94. The Morgan fingerprint density at radius 1 is 1.38 bits per heavy atom. The molecule has 0 saturated heterocycles. The van der Waals surface area contributed by atoms with Crippen LogP contribution in [0.3, 0.4) is 0 Å². The van der Waals surface area contributed by atoms with E-state index in [0.29, 0.717) is 11.7 Å². The van der Waals surface area contributed by atoms with Crippen LogP contribution < -0.4 is 0 Å². The minimum Gasteiger partial charge on any atom is -0.294 e. The third-order valence-corrected chi connectivity index (χ3v) is 4.45. The molecule has 0 aliphatic heterocycles. The second kappa shape index (κ2) is 3.70. The van der Waals surface area contributed by atoms with Crippen LogP contribution in [0.1, 0.15) is 30.1 Å². The first kappa shape index (κ1) is 10.0. The number of hydrogen-bond acceptors (Lipinski definition) is 2. The van der Waals surface area contributed by atoms with Gasteiger partial charge >= 0.3 is 0 Å². The summed E-state index contributed by atoms with van der Waals surface area (Å²) in [7, 11) is 0. The van der Waals surface area contributed by atoms with Crippen molar-refractivity contribution in [3.63, 3.8) is 0 Å². The number of rotatable bonds is 3. The fourth-order valence-corrected chi connectivity index (χ4v) is 3.16. The Balaban J connectivity index is 2.04. The molecule has 1 nitrogen and oxygen atoms in total. The molecule has 1 aliphatic rings. The van der Waals surface area contributed by atoms with E-state index in [0.717, 1.165) is 10.3 Å². The van der Waals surface area contributed by atoms with Gasteiger partial charge in [-0.1, -0.05) is 19.1 Å². The molecule has 82 valence electrons. The quantitative estimate of drug-likeness (QED) is 0.724. The van der Waals surface area contributed by atoms with Gasteiger partial charge in [0.05, 0.1) is 0 Å². The number of carbonyl (C=O) groups is 1. The first-order chi connectivity index (χ1) is 7.77. The Labute approximate surface area is 99.1 Å². The van der Waals surface area contributed by atoms with E-state index < -0.39 is 0 Å². The Kier molecular flexibility index (Phi) is 2.32. The normalized spacial score (nSPS) is 17.6. The molecule has 2 aromatic rings. The van der Waals surface area contributed by atoms with Gasteiger partial charge in [0.1, 0.15) is 0 Å². The van der Waals surface area contributed by atoms with Crippen molar-refractivity contribution >= 4 is 27.2 Å². The van der Waals surface area contributed by atoms with E-state index in [-0.39, 0.29) is 5.92 Å². The molecule has 1 aromatic heterocycles. The van der Waals surface area contributed by atoms with Crippen LogP contribution in [0.2, 0.25) is 0 Å². The first-order valence-corrected chi connectivity index (χ1v) is 6.66. The van der Waals surface area contributed by atoms with E-state index in [1.807, 2.05) is 12.1 Å². The number of carbonyl (C=O) groups excluding carboxylic acids is 1. The second-order valence-electron chi connectivity index (χ2n) is 4.63. The van der Waals surface area contributed by atoms with Crippen molar-refractivity contribution in [3.05, 3.63) is 35.2 Å². The van der Waals surface area contributed by atoms with Crippen LogP contribution in [0, 0.1) is 11.8 Å². The standard InChI is InChI=1S/C14H14OS/c1-9(10-5-6-10)13(15)12-4-2-3-11-7-8-16-14(11)12/h2-4,7-10H,5-6H2,1H3. The molecule has 1 saturated carbocycles. The van der Waals surface area contributed by atoms with Crippen molar-refractivity contribution in [2.75, 3.05) is 0 Å². The van der Waals surface area contributed by atoms with Gasteiger partial charge < -0.3 is 0 Å². The van der Waals surface area contributed by atoms with Crippen LogP contribution in [-0.2, 0) is 0 Å². The maximum Gasteiger partial charge on any atom is 0.167 e. The molecule has 1 heterocycles. The highest BCUT2D eigenvalue weighted by atomic mass is 32.1. The summed E-state index contributed by atoms with van der Waals surface area (Å²) in [4.78, 5) is 12.3. The summed E-state index contributed by atoms with van der Waals surface area (Å²) in [5, 5.41) is 3.25. The molecule has 0 amide bonds. The topological polar surface area (TPSA) is 17.1 Å². The van der Waals surface area contributed by atoms with Gasteiger partial charge in [-0.3, -0.25) is 4.79 Å². The summed E-state index contributed by atoms with van der Waals surface area (Å²) < 4.78 is 1.15. The van der Waals surface area contributed by atoms with Crippen LogP contribution in [0.5, 0.6) is 0 Å². The minimum atomic E-state index is 0.202. The number of Topliss-reactive ketones (excluding diaryl/α,β-unsaturated/α-hetero) is 1. The first-order valence-electron chi connectivity index (χ1n) is 5.78. The number of thiophene rings is 1. The van der Waals surface area contributed by atoms with Crippen molar-refractivity contribution in [3.8, 4) is 0 Å². The second-order valence-corrected chi connectivity index (χ2v) is 5.55. The number of hydrogen-bond donors (Lipinski definition) is 0. The van der Waals surface area contributed by atoms with Gasteiger partial charge in [-0.2, -0.15) is 0 Å². The van der Waals surface area contributed by atoms with Crippen LogP contribution in [0.15, 0.2) is 29.6 Å². The highest BCUT2D eigenvalue weighted by molar-refractivity contribution is 7.17. The van der Waals surface area contributed by atoms with Gasteiger partial charge in [0.15, 0.2) is 5.78 Å². The van der Waals surface area contributed by atoms with Crippen molar-refractivity contribution in [2.45, 2.75) is 19.8 Å². The molecule has 1 aliphatic carbocycles. The van der Waals surface area contributed by atoms with Crippen LogP contribution in [0.25, 0.3) is 10.1 Å². The van der Waals surface area contributed by atoms with Gasteiger partial charge in [0.25, 0.3) is 0 Å². The lowest BCUT2D eigenvalue weighted by Gasteiger charge is -2.09. The van der Waals surface area contributed by atoms with Crippen LogP contribution in [0.4, 0.5) is 0 Å². The van der Waals surface area contributed by atoms with E-state index in [4.69, 9.17) is 0 Å². The Morgan fingerprint density at radius 3 is 2.94 bits per heavy atom. The largest absolute Gasteiger partial charge is 0.294 e. The predicted octanol–water partition coefficient (Wildman–Crippen LogP) is 4.13. The summed E-state index contributed by atoms with van der Waals surface area (Å²) in [5.74, 6) is 1.17. The third-order valence-electron chi connectivity index (χ3n) is 3.49. The number of benzene rings is 1. The highest BCUT2D eigenvalue weighted by Gasteiger charge is 2.33. The molecule has 1 fully saturated rings. The molecular weight excluding hydrogens is 216 g/mol. The average molecular weight is 230 g/mol. The van der Waals surface area contributed by atoms with E-state index in [1.165, 1.54) is 18.2 Å². The zero-order valence-corrected chi connectivity index (χ0v) is 10.1. The van der Waals surface area contributed by atoms with Gasteiger partial charge in [-0.05, 0) is 41.7 Å². The molecule has 0 radical (unpaired) electrons. The fourth-order valence-electron chi connectivity index (χ4n) is 2.24. The number of fused-ring (bicyclic) bond motifs is 1. The molecule has 1 unspecified atom stereocenters. The lowest BCUT2D eigenvalue weighted by molar-refractivity contribution is 0.0918. The summed E-state index contributed by atoms with van der Waals surface area (Å²) in [5.41, 5.74) is 0.923. The third kappa shape index (κ3) is 1.57.